The number of amides is 2. The highest BCUT2D eigenvalue weighted by molar-refractivity contribution is 5.73. The summed E-state index contributed by atoms with van der Waals surface area (Å²) in [6, 6.07) is 20.1. The maximum atomic E-state index is 12.3. The molecule has 2 aromatic heterocycles. The van der Waals surface area contributed by atoms with Gasteiger partial charge < -0.3 is 10.6 Å². The average molecular weight is 429 g/mol. The van der Waals surface area contributed by atoms with E-state index in [0.717, 1.165) is 41.2 Å². The lowest BCUT2D eigenvalue weighted by Gasteiger charge is -2.09. The van der Waals surface area contributed by atoms with Crippen molar-refractivity contribution in [3.63, 3.8) is 0 Å². The molecule has 7 heteroatoms. The van der Waals surface area contributed by atoms with E-state index in [-0.39, 0.29) is 6.03 Å². The topological polar surface area (TPSA) is 76.8 Å². The predicted molar refractivity (Wildman–Crippen MR) is 125 cm³/mol. The molecule has 0 saturated heterocycles. The van der Waals surface area contributed by atoms with Gasteiger partial charge in [-0.15, -0.1) is 0 Å². The summed E-state index contributed by atoms with van der Waals surface area (Å²) in [5.41, 5.74) is 6.45. The zero-order chi connectivity index (χ0) is 22.3. The molecule has 2 heterocycles. The van der Waals surface area contributed by atoms with Crippen molar-refractivity contribution >= 4 is 6.03 Å². The Balaban J connectivity index is 1.24. The summed E-state index contributed by atoms with van der Waals surface area (Å²) >= 11 is 0. The lowest BCUT2D eigenvalue weighted by molar-refractivity contribution is 0.240. The van der Waals surface area contributed by atoms with E-state index >= 15 is 0 Å². The number of nitrogens with one attached hydrogen (secondary N) is 2. The van der Waals surface area contributed by atoms with Crippen molar-refractivity contribution < 1.29 is 4.79 Å². The average Bonchev–Trinajstić information content (AvgIpc) is 3.43. The number of hydrogen-bond donors (Lipinski definition) is 2. The highest BCUT2D eigenvalue weighted by Gasteiger charge is 2.12. The SMILES string of the molecule is Cc1nn(Cc2ccccc2)c(C)c1CNC(=O)NCCc1ccc(-n2cccn2)cc1. The van der Waals surface area contributed by atoms with Crippen LogP contribution in [0.3, 0.4) is 0 Å². The minimum absolute atomic E-state index is 0.173. The number of aryl methyl sites for hydroxylation is 1. The van der Waals surface area contributed by atoms with E-state index in [1.807, 2.05) is 65.8 Å². The number of urea groups is 1. The van der Waals surface area contributed by atoms with Crippen molar-refractivity contribution in [2.24, 2.45) is 0 Å². The molecule has 164 valence electrons. The Bertz CT molecular complexity index is 1150. The molecule has 0 atom stereocenters. The molecule has 0 aliphatic carbocycles. The third-order valence-electron chi connectivity index (χ3n) is 5.54. The predicted octanol–water partition coefficient (Wildman–Crippen LogP) is 3.78. The van der Waals surface area contributed by atoms with E-state index in [0.29, 0.717) is 13.1 Å². The molecule has 0 fully saturated rings. The third-order valence-corrected chi connectivity index (χ3v) is 5.54. The van der Waals surface area contributed by atoms with Crippen molar-refractivity contribution in [3.8, 4) is 5.69 Å². The van der Waals surface area contributed by atoms with E-state index in [2.05, 4.69) is 45.1 Å². The minimum Gasteiger partial charge on any atom is -0.338 e. The van der Waals surface area contributed by atoms with Crippen LogP contribution in [0.25, 0.3) is 5.69 Å². The fourth-order valence-electron chi connectivity index (χ4n) is 3.69. The Morgan fingerprint density at radius 1 is 0.938 bits per heavy atom. The smallest absolute Gasteiger partial charge is 0.315 e. The van der Waals surface area contributed by atoms with Crippen LogP contribution in [-0.2, 0) is 19.5 Å². The Morgan fingerprint density at radius 2 is 1.72 bits per heavy atom. The van der Waals surface area contributed by atoms with Gasteiger partial charge in [0.25, 0.3) is 0 Å². The van der Waals surface area contributed by atoms with Gasteiger partial charge in [-0.05, 0) is 49.6 Å². The highest BCUT2D eigenvalue weighted by atomic mass is 16.2. The van der Waals surface area contributed by atoms with Crippen LogP contribution >= 0.6 is 0 Å². The number of hydrogen-bond acceptors (Lipinski definition) is 3. The zero-order valence-electron chi connectivity index (χ0n) is 18.5. The maximum Gasteiger partial charge on any atom is 0.315 e. The number of rotatable bonds is 8. The van der Waals surface area contributed by atoms with Crippen LogP contribution in [0.1, 0.15) is 28.1 Å². The molecular weight excluding hydrogens is 400 g/mol. The Labute approximate surface area is 188 Å². The van der Waals surface area contributed by atoms with Crippen LogP contribution in [0.2, 0.25) is 0 Å². The second-order valence-corrected chi connectivity index (χ2v) is 7.77. The van der Waals surface area contributed by atoms with Crippen molar-refractivity contribution in [3.05, 3.63) is 101 Å². The second kappa shape index (κ2) is 9.96. The molecule has 2 N–H and O–H groups in total. The molecule has 4 rings (SSSR count). The number of nitrogens with zero attached hydrogens (tertiary/aromatic N) is 4. The molecule has 0 bridgehead atoms. The Kier molecular flexibility index (Phi) is 6.65. The molecule has 0 saturated carbocycles. The van der Waals surface area contributed by atoms with Crippen LogP contribution in [0.15, 0.2) is 73.1 Å². The molecule has 32 heavy (non-hydrogen) atoms. The molecule has 2 aromatic carbocycles. The minimum atomic E-state index is -0.173. The van der Waals surface area contributed by atoms with Gasteiger partial charge in [-0.2, -0.15) is 10.2 Å². The number of carbonyl (C=O) groups excluding carboxylic acids is 1. The molecule has 0 unspecified atom stereocenters. The molecule has 4 aromatic rings. The second-order valence-electron chi connectivity index (χ2n) is 7.77. The molecule has 2 amide bonds. The maximum absolute atomic E-state index is 12.3. The van der Waals surface area contributed by atoms with Gasteiger partial charge >= 0.3 is 6.03 Å². The van der Waals surface area contributed by atoms with E-state index in [4.69, 9.17) is 0 Å². The van der Waals surface area contributed by atoms with E-state index in [1.165, 1.54) is 5.56 Å². The van der Waals surface area contributed by atoms with Gasteiger partial charge in [-0.25, -0.2) is 9.48 Å². The lowest BCUT2D eigenvalue weighted by Crippen LogP contribution is -2.36. The summed E-state index contributed by atoms with van der Waals surface area (Å²) in [5.74, 6) is 0. The summed E-state index contributed by atoms with van der Waals surface area (Å²) in [6.45, 7) is 5.77. The van der Waals surface area contributed by atoms with E-state index in [1.54, 1.807) is 6.20 Å². The van der Waals surface area contributed by atoms with Gasteiger partial charge in [0.05, 0.1) is 17.9 Å². The van der Waals surface area contributed by atoms with Gasteiger partial charge in [-0.3, -0.25) is 4.68 Å². The summed E-state index contributed by atoms with van der Waals surface area (Å²) in [6.07, 6.45) is 4.43. The fraction of sp³-hybridized carbons (Fsp3) is 0.240. The molecule has 7 nitrogen and oxygen atoms in total. The van der Waals surface area contributed by atoms with Crippen molar-refractivity contribution in [1.82, 2.24) is 30.2 Å². The van der Waals surface area contributed by atoms with Gasteiger partial charge in [0.1, 0.15) is 0 Å². The number of aromatic nitrogens is 4. The van der Waals surface area contributed by atoms with Crippen LogP contribution in [0.5, 0.6) is 0 Å². The van der Waals surface area contributed by atoms with Crippen molar-refractivity contribution in [2.75, 3.05) is 6.54 Å². The van der Waals surface area contributed by atoms with Crippen LogP contribution in [-0.4, -0.2) is 32.1 Å². The molecule has 0 aliphatic heterocycles. The highest BCUT2D eigenvalue weighted by Crippen LogP contribution is 2.15. The normalized spacial score (nSPS) is 10.8. The van der Waals surface area contributed by atoms with Crippen molar-refractivity contribution in [1.29, 1.82) is 0 Å². The Morgan fingerprint density at radius 3 is 2.44 bits per heavy atom. The largest absolute Gasteiger partial charge is 0.338 e. The Hall–Kier alpha value is -3.87. The number of benzene rings is 2. The van der Waals surface area contributed by atoms with Gasteiger partial charge in [0.15, 0.2) is 0 Å². The van der Waals surface area contributed by atoms with Gasteiger partial charge in [-0.1, -0.05) is 42.5 Å². The summed E-state index contributed by atoms with van der Waals surface area (Å²) in [5, 5.41) is 14.8. The first-order valence-corrected chi connectivity index (χ1v) is 10.8. The number of carbonyl (C=O) groups is 1. The lowest BCUT2D eigenvalue weighted by atomic mass is 10.1. The van der Waals surface area contributed by atoms with E-state index < -0.39 is 0 Å². The van der Waals surface area contributed by atoms with Crippen molar-refractivity contribution in [2.45, 2.75) is 33.4 Å². The van der Waals surface area contributed by atoms with Crippen LogP contribution in [0.4, 0.5) is 4.79 Å². The van der Waals surface area contributed by atoms with Gasteiger partial charge in [0, 0.05) is 36.7 Å². The van der Waals surface area contributed by atoms with Crippen LogP contribution in [0, 0.1) is 13.8 Å². The first-order valence-electron chi connectivity index (χ1n) is 10.8. The van der Waals surface area contributed by atoms with Gasteiger partial charge in [0.2, 0.25) is 0 Å². The summed E-state index contributed by atoms with van der Waals surface area (Å²) < 4.78 is 3.81. The summed E-state index contributed by atoms with van der Waals surface area (Å²) in [7, 11) is 0. The van der Waals surface area contributed by atoms with E-state index in [9.17, 15) is 4.79 Å². The fourth-order valence-corrected chi connectivity index (χ4v) is 3.69. The molecular formula is C25H28N6O. The standard InChI is InChI=1S/C25H28N6O/c1-19-24(20(2)31(29-19)18-22-7-4-3-5-8-22)17-27-25(32)26-15-13-21-9-11-23(12-10-21)30-16-6-14-28-30/h3-12,14,16H,13,15,17-18H2,1-2H3,(H2,26,27,32). The molecule has 0 spiro atoms. The molecule has 0 aliphatic rings. The quantitative estimate of drug-likeness (QED) is 0.448. The first-order chi connectivity index (χ1) is 15.6. The monoisotopic (exact) mass is 428 g/mol. The first kappa shape index (κ1) is 21.4. The summed E-state index contributed by atoms with van der Waals surface area (Å²) in [4.78, 5) is 12.3. The third kappa shape index (κ3) is 5.24. The van der Waals surface area contributed by atoms with Crippen LogP contribution < -0.4 is 10.6 Å². The zero-order valence-corrected chi connectivity index (χ0v) is 18.5. The molecule has 0 radical (unpaired) electrons.